The Hall–Kier alpha value is -1.93. The fourth-order valence-corrected chi connectivity index (χ4v) is 4.13. The van der Waals surface area contributed by atoms with Gasteiger partial charge < -0.3 is 19.3 Å². The molecule has 2 aliphatic rings. The van der Waals surface area contributed by atoms with Crippen molar-refractivity contribution in [1.29, 1.82) is 5.41 Å². The molecule has 1 aromatic heterocycles. The summed E-state index contributed by atoms with van der Waals surface area (Å²) in [7, 11) is 0. The highest BCUT2D eigenvalue weighted by Crippen LogP contribution is 2.40. The van der Waals surface area contributed by atoms with Crippen LogP contribution in [0.1, 0.15) is 83.8 Å². The van der Waals surface area contributed by atoms with Gasteiger partial charge in [0.05, 0.1) is 6.61 Å². The number of aliphatic hydroxyl groups is 1. The second kappa shape index (κ2) is 11.5. The Kier molecular flexibility index (Phi) is 8.69. The van der Waals surface area contributed by atoms with E-state index in [4.69, 9.17) is 19.6 Å². The molecule has 8 heteroatoms. The number of rotatable bonds is 13. The van der Waals surface area contributed by atoms with E-state index in [0.717, 1.165) is 19.3 Å². The Bertz CT molecular complexity index is 738. The first kappa shape index (κ1) is 22.7. The average molecular weight is 422 g/mol. The van der Waals surface area contributed by atoms with Gasteiger partial charge in [-0.25, -0.2) is 0 Å². The van der Waals surface area contributed by atoms with E-state index in [2.05, 4.69) is 11.9 Å². The molecule has 0 unspecified atom stereocenters. The number of aromatic nitrogens is 2. The highest BCUT2D eigenvalue weighted by molar-refractivity contribution is 5.69. The summed E-state index contributed by atoms with van der Waals surface area (Å²) in [6, 6.07) is 1.81. The van der Waals surface area contributed by atoms with Crippen LogP contribution in [0.2, 0.25) is 0 Å². The third kappa shape index (κ3) is 5.82. The summed E-state index contributed by atoms with van der Waals surface area (Å²) in [6.45, 7) is 1.98. The molecule has 8 nitrogen and oxygen atoms in total. The number of aliphatic hydroxyl groups excluding tert-OH is 1. The highest BCUT2D eigenvalue weighted by Gasteiger charge is 2.53. The Morgan fingerprint density at radius 3 is 2.50 bits per heavy atom. The van der Waals surface area contributed by atoms with E-state index in [-0.39, 0.29) is 24.1 Å². The molecule has 3 heterocycles. The fraction of sp³-hybridized carbons (Fsp3) is 0.773. The Labute approximate surface area is 178 Å². The highest BCUT2D eigenvalue weighted by atomic mass is 16.7. The topological polar surface area (TPSA) is 107 Å². The van der Waals surface area contributed by atoms with Crippen LogP contribution in [0.3, 0.4) is 0 Å². The SMILES string of the molecule is CCCCCCCCCCCCC(=O)O[C@H]1[C@@H]2Oc3nc(=N)ccn3[C@@H]2O[C@@H]1CO. The zero-order valence-electron chi connectivity index (χ0n) is 17.9. The molecule has 3 rings (SSSR count). The van der Waals surface area contributed by atoms with Gasteiger partial charge in [0.15, 0.2) is 23.9 Å². The van der Waals surface area contributed by atoms with E-state index in [1.807, 2.05) is 0 Å². The Balaban J connectivity index is 1.36. The maximum Gasteiger partial charge on any atom is 0.306 e. The van der Waals surface area contributed by atoms with Crippen LogP contribution >= 0.6 is 0 Å². The van der Waals surface area contributed by atoms with Gasteiger partial charge in [0, 0.05) is 12.6 Å². The van der Waals surface area contributed by atoms with Gasteiger partial charge in [-0.15, -0.1) is 0 Å². The number of carbonyl (C=O) groups is 1. The summed E-state index contributed by atoms with van der Waals surface area (Å²) >= 11 is 0. The number of nitrogens with zero attached hydrogens (tertiary/aromatic N) is 2. The van der Waals surface area contributed by atoms with E-state index >= 15 is 0 Å². The van der Waals surface area contributed by atoms with Crippen molar-refractivity contribution in [2.45, 2.75) is 102 Å². The molecule has 0 bridgehead atoms. The van der Waals surface area contributed by atoms with Gasteiger partial charge in [0.1, 0.15) is 6.10 Å². The molecule has 0 amide bonds. The minimum Gasteiger partial charge on any atom is -0.455 e. The third-order valence-corrected chi connectivity index (χ3v) is 5.81. The van der Waals surface area contributed by atoms with Crippen molar-refractivity contribution >= 4 is 5.97 Å². The number of ether oxygens (including phenoxy) is 3. The number of carbonyl (C=O) groups excluding carboxylic acids is 1. The normalized spacial score (nSPS) is 24.3. The predicted octanol–water partition coefficient (Wildman–Crippen LogP) is 3.24. The van der Waals surface area contributed by atoms with Crippen LogP contribution in [-0.4, -0.2) is 45.5 Å². The molecule has 168 valence electrons. The molecule has 0 radical (unpaired) electrons. The lowest BCUT2D eigenvalue weighted by atomic mass is 10.1. The van der Waals surface area contributed by atoms with Crippen molar-refractivity contribution in [1.82, 2.24) is 9.55 Å². The lowest BCUT2D eigenvalue weighted by molar-refractivity contribution is -0.156. The van der Waals surface area contributed by atoms with Crippen LogP contribution < -0.4 is 10.2 Å². The molecule has 0 aliphatic carbocycles. The van der Waals surface area contributed by atoms with E-state index in [0.29, 0.717) is 6.42 Å². The molecular weight excluding hydrogens is 386 g/mol. The molecule has 1 fully saturated rings. The van der Waals surface area contributed by atoms with Crippen LogP contribution in [-0.2, 0) is 14.3 Å². The molecule has 2 N–H and O–H groups in total. The van der Waals surface area contributed by atoms with E-state index in [1.165, 1.54) is 51.0 Å². The van der Waals surface area contributed by atoms with E-state index in [1.54, 1.807) is 10.8 Å². The number of unbranched alkanes of at least 4 members (excludes halogenated alkanes) is 9. The smallest absolute Gasteiger partial charge is 0.306 e. The average Bonchev–Trinajstić information content (AvgIpc) is 3.25. The Morgan fingerprint density at radius 1 is 1.17 bits per heavy atom. The number of hydrogen-bond acceptors (Lipinski definition) is 7. The summed E-state index contributed by atoms with van der Waals surface area (Å²) in [4.78, 5) is 16.4. The molecule has 0 spiro atoms. The number of fused-ring (bicyclic) bond motifs is 3. The number of nitrogens with one attached hydrogen (secondary N) is 1. The molecule has 1 aromatic rings. The third-order valence-electron chi connectivity index (χ3n) is 5.81. The maximum atomic E-state index is 12.3. The van der Waals surface area contributed by atoms with Gasteiger partial charge in [-0.1, -0.05) is 64.7 Å². The van der Waals surface area contributed by atoms with Gasteiger partial charge in [0.2, 0.25) is 0 Å². The van der Waals surface area contributed by atoms with Crippen molar-refractivity contribution in [2.75, 3.05) is 6.61 Å². The molecule has 0 aromatic carbocycles. The lowest BCUT2D eigenvalue weighted by Crippen LogP contribution is -2.39. The van der Waals surface area contributed by atoms with Crippen molar-refractivity contribution in [3.63, 3.8) is 0 Å². The second-order valence-electron chi connectivity index (χ2n) is 8.22. The van der Waals surface area contributed by atoms with Crippen molar-refractivity contribution < 1.29 is 24.1 Å². The number of esters is 1. The van der Waals surface area contributed by atoms with E-state index < -0.39 is 24.5 Å². The van der Waals surface area contributed by atoms with Crippen molar-refractivity contribution in [3.8, 4) is 6.01 Å². The molecule has 4 atom stereocenters. The largest absolute Gasteiger partial charge is 0.455 e. The van der Waals surface area contributed by atoms with Crippen LogP contribution in [0.5, 0.6) is 6.01 Å². The molecule has 2 aliphatic heterocycles. The lowest BCUT2D eigenvalue weighted by Gasteiger charge is -2.20. The van der Waals surface area contributed by atoms with Crippen LogP contribution in [0.25, 0.3) is 0 Å². The first-order valence-corrected chi connectivity index (χ1v) is 11.4. The van der Waals surface area contributed by atoms with Crippen LogP contribution in [0, 0.1) is 5.41 Å². The summed E-state index contributed by atoms with van der Waals surface area (Å²) in [5.74, 6) is -0.291. The zero-order valence-corrected chi connectivity index (χ0v) is 17.9. The second-order valence-corrected chi connectivity index (χ2v) is 8.22. The standard InChI is InChI=1S/C22H35N3O5/c1-2-3-4-5-6-7-8-9-10-11-12-18(27)29-19-16(15-26)28-21-20(19)30-22-24-17(23)13-14-25(21)22/h13-14,16,19-21,23,26H,2-12,15H2,1H3/t16-,19-,20+,21-/m1/s1. The Morgan fingerprint density at radius 2 is 1.83 bits per heavy atom. The van der Waals surface area contributed by atoms with E-state index in [9.17, 15) is 9.90 Å². The molecular formula is C22H35N3O5. The van der Waals surface area contributed by atoms with Gasteiger partial charge in [-0.2, -0.15) is 4.98 Å². The summed E-state index contributed by atoms with van der Waals surface area (Å²) < 4.78 is 18.9. The summed E-state index contributed by atoms with van der Waals surface area (Å²) in [6.07, 6.45) is 11.7. The minimum absolute atomic E-state index is 0.0921. The summed E-state index contributed by atoms with van der Waals surface area (Å²) in [5.41, 5.74) is 0.0921. The molecule has 30 heavy (non-hydrogen) atoms. The van der Waals surface area contributed by atoms with Gasteiger partial charge in [0.25, 0.3) is 0 Å². The van der Waals surface area contributed by atoms with Crippen molar-refractivity contribution in [2.24, 2.45) is 0 Å². The molecule has 0 saturated carbocycles. The quantitative estimate of drug-likeness (QED) is 0.374. The monoisotopic (exact) mass is 421 g/mol. The predicted molar refractivity (Wildman–Crippen MR) is 110 cm³/mol. The van der Waals surface area contributed by atoms with Crippen LogP contribution in [0.15, 0.2) is 12.3 Å². The van der Waals surface area contributed by atoms with Gasteiger partial charge in [-0.05, 0) is 12.5 Å². The van der Waals surface area contributed by atoms with Gasteiger partial charge >= 0.3 is 12.0 Å². The first-order valence-electron chi connectivity index (χ1n) is 11.4. The van der Waals surface area contributed by atoms with Crippen molar-refractivity contribution in [3.05, 3.63) is 17.8 Å². The summed E-state index contributed by atoms with van der Waals surface area (Å²) in [5, 5.41) is 17.2. The first-order chi connectivity index (χ1) is 14.6. The zero-order chi connectivity index (χ0) is 21.3. The molecule has 1 saturated heterocycles. The fourth-order valence-electron chi connectivity index (χ4n) is 4.13. The van der Waals surface area contributed by atoms with Gasteiger partial charge in [-0.3, -0.25) is 14.8 Å². The number of hydrogen-bond donors (Lipinski definition) is 2. The minimum atomic E-state index is -0.688. The maximum absolute atomic E-state index is 12.3. The van der Waals surface area contributed by atoms with Crippen LogP contribution in [0.4, 0.5) is 0 Å².